The minimum atomic E-state index is -0.647. The summed E-state index contributed by atoms with van der Waals surface area (Å²) in [5.74, 6) is 0.185. The third kappa shape index (κ3) is 6.46. The van der Waals surface area contributed by atoms with Crippen molar-refractivity contribution in [2.24, 2.45) is 5.92 Å². The Morgan fingerprint density at radius 2 is 2.04 bits per heavy atom. The van der Waals surface area contributed by atoms with Crippen molar-refractivity contribution >= 4 is 17.9 Å². The number of ether oxygens (including phenoxy) is 1. The second-order valence-electron chi connectivity index (χ2n) is 5.83. The van der Waals surface area contributed by atoms with E-state index in [9.17, 15) is 19.7 Å². The Hall–Kier alpha value is -2.44. The summed E-state index contributed by atoms with van der Waals surface area (Å²) in [4.78, 5) is 32.8. The van der Waals surface area contributed by atoms with Crippen molar-refractivity contribution in [2.75, 3.05) is 6.61 Å². The fourth-order valence-electron chi connectivity index (χ4n) is 1.99. The van der Waals surface area contributed by atoms with Crippen molar-refractivity contribution in [2.45, 2.75) is 39.7 Å². The standard InChI is InChI=1S/C16H22N2O5/c1-11(2)4-5-12(3)17-16(20)10-23-15-7-6-13(9-19)8-14(15)18(21)22/h6-9,11-12H,4-5,10H2,1-3H3,(H,17,20)/t12-/m1/s1. The van der Waals surface area contributed by atoms with E-state index in [4.69, 9.17) is 4.74 Å². The van der Waals surface area contributed by atoms with Crippen LogP contribution in [0.2, 0.25) is 0 Å². The van der Waals surface area contributed by atoms with Crippen LogP contribution in [0.25, 0.3) is 0 Å². The van der Waals surface area contributed by atoms with Gasteiger partial charge in [-0.2, -0.15) is 0 Å². The van der Waals surface area contributed by atoms with E-state index in [1.54, 1.807) is 0 Å². The van der Waals surface area contributed by atoms with E-state index in [1.165, 1.54) is 12.1 Å². The molecular weight excluding hydrogens is 300 g/mol. The van der Waals surface area contributed by atoms with E-state index in [-0.39, 0.29) is 35.6 Å². The monoisotopic (exact) mass is 322 g/mol. The molecule has 126 valence electrons. The zero-order valence-corrected chi connectivity index (χ0v) is 13.6. The maximum absolute atomic E-state index is 11.8. The van der Waals surface area contributed by atoms with E-state index in [1.807, 2.05) is 6.92 Å². The SMILES string of the molecule is CC(C)CC[C@@H](C)NC(=O)COc1ccc(C=O)cc1[N+](=O)[O-]. The molecule has 1 aromatic carbocycles. The Morgan fingerprint density at radius 1 is 1.35 bits per heavy atom. The van der Waals surface area contributed by atoms with Gasteiger partial charge < -0.3 is 10.1 Å². The zero-order chi connectivity index (χ0) is 17.4. The fraction of sp³-hybridized carbons (Fsp3) is 0.500. The highest BCUT2D eigenvalue weighted by molar-refractivity contribution is 5.79. The highest BCUT2D eigenvalue weighted by atomic mass is 16.6. The van der Waals surface area contributed by atoms with Crippen LogP contribution >= 0.6 is 0 Å². The summed E-state index contributed by atoms with van der Waals surface area (Å²) in [6.07, 6.45) is 2.37. The topological polar surface area (TPSA) is 98.5 Å². The fourth-order valence-corrected chi connectivity index (χ4v) is 1.99. The average Bonchev–Trinajstić information content (AvgIpc) is 2.50. The second-order valence-corrected chi connectivity index (χ2v) is 5.83. The van der Waals surface area contributed by atoms with Crippen LogP contribution in [0, 0.1) is 16.0 Å². The van der Waals surface area contributed by atoms with Crippen molar-refractivity contribution in [3.63, 3.8) is 0 Å². The molecular formula is C16H22N2O5. The number of rotatable bonds is 9. The normalized spacial score (nSPS) is 11.8. The molecule has 1 atom stereocenters. The average molecular weight is 322 g/mol. The molecule has 0 saturated heterocycles. The molecule has 0 aliphatic rings. The largest absolute Gasteiger partial charge is 0.477 e. The molecule has 0 aliphatic heterocycles. The Labute approximate surface area is 135 Å². The molecule has 0 radical (unpaired) electrons. The minimum absolute atomic E-state index is 0.0147. The van der Waals surface area contributed by atoms with Gasteiger partial charge in [-0.25, -0.2) is 0 Å². The van der Waals surface area contributed by atoms with Crippen LogP contribution in [-0.4, -0.2) is 29.8 Å². The van der Waals surface area contributed by atoms with Gasteiger partial charge in [0.2, 0.25) is 0 Å². The second kappa shape index (κ2) is 8.87. The third-order valence-corrected chi connectivity index (χ3v) is 3.26. The lowest BCUT2D eigenvalue weighted by Gasteiger charge is -2.15. The van der Waals surface area contributed by atoms with Gasteiger partial charge in [0, 0.05) is 17.7 Å². The molecule has 0 saturated carbocycles. The number of nitrogens with one attached hydrogen (secondary N) is 1. The lowest BCUT2D eigenvalue weighted by atomic mass is 10.0. The number of nitro benzene ring substituents is 1. The van der Waals surface area contributed by atoms with Crippen LogP contribution in [0.1, 0.15) is 44.0 Å². The highest BCUT2D eigenvalue weighted by Gasteiger charge is 2.17. The number of nitro groups is 1. The van der Waals surface area contributed by atoms with Crippen molar-refractivity contribution in [3.05, 3.63) is 33.9 Å². The molecule has 0 bridgehead atoms. The highest BCUT2D eigenvalue weighted by Crippen LogP contribution is 2.27. The van der Waals surface area contributed by atoms with E-state index >= 15 is 0 Å². The predicted molar refractivity (Wildman–Crippen MR) is 85.7 cm³/mol. The molecule has 0 spiro atoms. The van der Waals surface area contributed by atoms with Crippen LogP contribution in [-0.2, 0) is 4.79 Å². The molecule has 0 unspecified atom stereocenters. The summed E-state index contributed by atoms with van der Waals surface area (Å²) in [5, 5.41) is 13.8. The molecule has 1 rings (SSSR count). The van der Waals surface area contributed by atoms with Gasteiger partial charge in [-0.15, -0.1) is 0 Å². The predicted octanol–water partition coefficient (Wildman–Crippen LogP) is 2.73. The smallest absolute Gasteiger partial charge is 0.311 e. The van der Waals surface area contributed by atoms with Gasteiger partial charge in [0.1, 0.15) is 6.29 Å². The number of hydrogen-bond donors (Lipinski definition) is 1. The van der Waals surface area contributed by atoms with Crippen LogP contribution in [0.4, 0.5) is 5.69 Å². The quantitative estimate of drug-likeness (QED) is 0.428. The summed E-state index contributed by atoms with van der Waals surface area (Å²) in [6.45, 7) is 5.81. The van der Waals surface area contributed by atoms with Gasteiger partial charge in [0.25, 0.3) is 5.91 Å². The lowest BCUT2D eigenvalue weighted by molar-refractivity contribution is -0.385. The molecule has 0 aliphatic carbocycles. The van der Waals surface area contributed by atoms with Crippen LogP contribution in [0.5, 0.6) is 5.75 Å². The summed E-state index contributed by atoms with van der Waals surface area (Å²) in [7, 11) is 0. The van der Waals surface area contributed by atoms with E-state index < -0.39 is 4.92 Å². The van der Waals surface area contributed by atoms with Gasteiger partial charge in [-0.05, 0) is 37.8 Å². The van der Waals surface area contributed by atoms with E-state index in [0.29, 0.717) is 12.2 Å². The maximum atomic E-state index is 11.8. The molecule has 7 heteroatoms. The van der Waals surface area contributed by atoms with Gasteiger partial charge >= 0.3 is 5.69 Å². The first kappa shape index (κ1) is 18.6. The van der Waals surface area contributed by atoms with E-state index in [2.05, 4.69) is 19.2 Å². The molecule has 0 aromatic heterocycles. The Kier molecular flexibility index (Phi) is 7.18. The first-order chi connectivity index (χ1) is 10.8. The number of benzene rings is 1. The zero-order valence-electron chi connectivity index (χ0n) is 13.6. The Bertz CT molecular complexity index is 572. The van der Waals surface area contributed by atoms with Gasteiger partial charge in [0.15, 0.2) is 12.4 Å². The van der Waals surface area contributed by atoms with Crippen molar-refractivity contribution in [3.8, 4) is 5.75 Å². The number of aldehydes is 1. The number of carbonyl (C=O) groups excluding carboxylic acids is 2. The van der Waals surface area contributed by atoms with Crippen LogP contribution in [0.15, 0.2) is 18.2 Å². The summed E-state index contributed by atoms with van der Waals surface area (Å²) in [6, 6.07) is 3.85. The number of amides is 1. The van der Waals surface area contributed by atoms with Crippen molar-refractivity contribution < 1.29 is 19.2 Å². The Morgan fingerprint density at radius 3 is 2.61 bits per heavy atom. The molecule has 0 heterocycles. The van der Waals surface area contributed by atoms with Gasteiger partial charge in [-0.1, -0.05) is 13.8 Å². The van der Waals surface area contributed by atoms with Crippen molar-refractivity contribution in [1.29, 1.82) is 0 Å². The number of nitrogens with zero attached hydrogens (tertiary/aromatic N) is 1. The Balaban J connectivity index is 2.59. The summed E-state index contributed by atoms with van der Waals surface area (Å²) < 4.78 is 5.22. The van der Waals surface area contributed by atoms with Crippen molar-refractivity contribution in [1.82, 2.24) is 5.32 Å². The van der Waals surface area contributed by atoms with Crippen LogP contribution in [0.3, 0.4) is 0 Å². The molecule has 7 nitrogen and oxygen atoms in total. The molecule has 1 aromatic rings. The maximum Gasteiger partial charge on any atom is 0.311 e. The molecule has 1 amide bonds. The van der Waals surface area contributed by atoms with Gasteiger partial charge in [-0.3, -0.25) is 19.7 Å². The van der Waals surface area contributed by atoms with Gasteiger partial charge in [0.05, 0.1) is 4.92 Å². The number of carbonyl (C=O) groups is 2. The minimum Gasteiger partial charge on any atom is -0.477 e. The molecule has 1 N–H and O–H groups in total. The third-order valence-electron chi connectivity index (χ3n) is 3.26. The number of hydrogen-bond acceptors (Lipinski definition) is 5. The first-order valence-corrected chi connectivity index (χ1v) is 7.49. The van der Waals surface area contributed by atoms with E-state index in [0.717, 1.165) is 18.9 Å². The molecule has 0 fully saturated rings. The lowest BCUT2D eigenvalue weighted by Crippen LogP contribution is -2.36. The van der Waals surface area contributed by atoms with Crippen LogP contribution < -0.4 is 10.1 Å². The molecule has 23 heavy (non-hydrogen) atoms. The first-order valence-electron chi connectivity index (χ1n) is 7.49. The summed E-state index contributed by atoms with van der Waals surface area (Å²) >= 11 is 0. The summed E-state index contributed by atoms with van der Waals surface area (Å²) in [5.41, 5.74) is -0.161.